The van der Waals surface area contributed by atoms with Gasteiger partial charge in [0.2, 0.25) is 0 Å². The van der Waals surface area contributed by atoms with E-state index in [0.29, 0.717) is 6.42 Å². The van der Waals surface area contributed by atoms with Gasteiger partial charge in [-0.3, -0.25) is 4.79 Å². The molecule has 1 rings (SSSR count). The third-order valence-corrected chi connectivity index (χ3v) is 3.15. The van der Waals surface area contributed by atoms with Crippen molar-refractivity contribution in [2.45, 2.75) is 43.9 Å². The van der Waals surface area contributed by atoms with Gasteiger partial charge in [-0.2, -0.15) is 0 Å². The number of carbonyl (C=O) groups excluding carboxylic acids is 1. The third kappa shape index (κ3) is 5.63. The fourth-order valence-corrected chi connectivity index (χ4v) is 2.17. The summed E-state index contributed by atoms with van der Waals surface area (Å²) in [5, 5.41) is 0.289. The number of unbranched alkanes of at least 4 members (excludes halogenated alkanes) is 3. The van der Waals surface area contributed by atoms with Crippen molar-refractivity contribution in [3.05, 3.63) is 30.3 Å². The molecule has 0 aliphatic carbocycles. The second-order valence-electron chi connectivity index (χ2n) is 3.60. The molecule has 0 unspecified atom stereocenters. The van der Waals surface area contributed by atoms with Crippen LogP contribution < -0.4 is 0 Å². The van der Waals surface area contributed by atoms with Gasteiger partial charge in [-0.25, -0.2) is 0 Å². The van der Waals surface area contributed by atoms with E-state index in [1.54, 1.807) is 0 Å². The van der Waals surface area contributed by atoms with E-state index in [-0.39, 0.29) is 5.12 Å². The molecule has 1 aromatic carbocycles. The minimum Gasteiger partial charge on any atom is -0.287 e. The first kappa shape index (κ1) is 12.3. The van der Waals surface area contributed by atoms with E-state index in [4.69, 9.17) is 0 Å². The van der Waals surface area contributed by atoms with Crippen LogP contribution in [-0.2, 0) is 4.79 Å². The highest BCUT2D eigenvalue weighted by atomic mass is 32.2. The molecule has 0 amide bonds. The molecular formula is C13H18OS. The zero-order valence-corrected chi connectivity index (χ0v) is 10.1. The van der Waals surface area contributed by atoms with Gasteiger partial charge in [0.05, 0.1) is 0 Å². The van der Waals surface area contributed by atoms with Crippen LogP contribution in [0.4, 0.5) is 0 Å². The van der Waals surface area contributed by atoms with Gasteiger partial charge in [0, 0.05) is 11.3 Å². The Morgan fingerprint density at radius 3 is 2.53 bits per heavy atom. The molecule has 1 aromatic rings. The standard InChI is InChI=1S/C13H18OS/c1-2-3-4-8-11-13(14)15-12-9-6-5-7-10-12/h5-7,9-10H,2-4,8,11H2,1H3. The minimum absolute atomic E-state index is 0.289. The first-order chi connectivity index (χ1) is 7.33. The Balaban J connectivity index is 2.19. The van der Waals surface area contributed by atoms with Crippen LogP contribution in [0.5, 0.6) is 0 Å². The molecule has 0 saturated heterocycles. The molecule has 0 aliphatic heterocycles. The molecule has 2 heteroatoms. The zero-order chi connectivity index (χ0) is 10.9. The van der Waals surface area contributed by atoms with Crippen molar-refractivity contribution in [3.63, 3.8) is 0 Å². The Bertz CT molecular complexity index is 282. The summed E-state index contributed by atoms with van der Waals surface area (Å²) >= 11 is 1.36. The van der Waals surface area contributed by atoms with Gasteiger partial charge < -0.3 is 0 Å². The molecule has 0 N–H and O–H groups in total. The summed E-state index contributed by atoms with van der Waals surface area (Å²) in [4.78, 5) is 12.6. The molecule has 0 fully saturated rings. The largest absolute Gasteiger partial charge is 0.287 e. The van der Waals surface area contributed by atoms with Crippen molar-refractivity contribution in [3.8, 4) is 0 Å². The Labute approximate surface area is 96.3 Å². The van der Waals surface area contributed by atoms with Crippen LogP contribution in [0.3, 0.4) is 0 Å². The SMILES string of the molecule is CCCCCCC(=O)Sc1ccccc1. The molecule has 0 saturated carbocycles. The predicted octanol–water partition coefficient (Wildman–Crippen LogP) is 4.28. The minimum atomic E-state index is 0.289. The average molecular weight is 222 g/mol. The predicted molar refractivity (Wildman–Crippen MR) is 66.1 cm³/mol. The van der Waals surface area contributed by atoms with Crippen molar-refractivity contribution in [2.75, 3.05) is 0 Å². The molecule has 82 valence electrons. The summed E-state index contributed by atoms with van der Waals surface area (Å²) in [5.74, 6) is 0. The maximum absolute atomic E-state index is 11.5. The smallest absolute Gasteiger partial charge is 0.193 e. The molecule has 0 aliphatic rings. The van der Waals surface area contributed by atoms with Gasteiger partial charge in [0.15, 0.2) is 5.12 Å². The van der Waals surface area contributed by atoms with Gasteiger partial charge in [-0.1, -0.05) is 56.1 Å². The van der Waals surface area contributed by atoms with Gasteiger partial charge in [-0.05, 0) is 18.6 Å². The van der Waals surface area contributed by atoms with E-state index >= 15 is 0 Å². The van der Waals surface area contributed by atoms with Crippen molar-refractivity contribution in [1.82, 2.24) is 0 Å². The van der Waals surface area contributed by atoms with Gasteiger partial charge >= 0.3 is 0 Å². The van der Waals surface area contributed by atoms with Crippen LogP contribution in [-0.4, -0.2) is 5.12 Å². The maximum Gasteiger partial charge on any atom is 0.193 e. The molecule has 15 heavy (non-hydrogen) atoms. The van der Waals surface area contributed by atoms with Gasteiger partial charge in [0.1, 0.15) is 0 Å². The summed E-state index contributed by atoms with van der Waals surface area (Å²) in [5.41, 5.74) is 0. The van der Waals surface area contributed by atoms with Crippen LogP contribution in [0.25, 0.3) is 0 Å². The summed E-state index contributed by atoms with van der Waals surface area (Å²) < 4.78 is 0. The van der Waals surface area contributed by atoms with E-state index in [9.17, 15) is 4.79 Å². The van der Waals surface area contributed by atoms with Crippen molar-refractivity contribution >= 4 is 16.9 Å². The molecule has 0 atom stereocenters. The summed E-state index contributed by atoms with van der Waals surface area (Å²) in [6.45, 7) is 2.18. The summed E-state index contributed by atoms with van der Waals surface area (Å²) in [7, 11) is 0. The van der Waals surface area contributed by atoms with Crippen LogP contribution in [0, 0.1) is 0 Å². The second-order valence-corrected chi connectivity index (χ2v) is 4.73. The monoisotopic (exact) mass is 222 g/mol. The number of carbonyl (C=O) groups is 1. The molecular weight excluding hydrogens is 204 g/mol. The number of hydrogen-bond acceptors (Lipinski definition) is 2. The Hall–Kier alpha value is -0.760. The van der Waals surface area contributed by atoms with E-state index in [2.05, 4.69) is 6.92 Å². The van der Waals surface area contributed by atoms with Crippen molar-refractivity contribution < 1.29 is 4.79 Å². The van der Waals surface area contributed by atoms with E-state index in [1.165, 1.54) is 31.0 Å². The fraction of sp³-hybridized carbons (Fsp3) is 0.462. The van der Waals surface area contributed by atoms with Crippen molar-refractivity contribution in [2.24, 2.45) is 0 Å². The summed E-state index contributed by atoms with van der Waals surface area (Å²) in [6, 6.07) is 9.86. The highest BCUT2D eigenvalue weighted by molar-refractivity contribution is 8.13. The molecule has 1 nitrogen and oxygen atoms in total. The highest BCUT2D eigenvalue weighted by Crippen LogP contribution is 2.20. The second kappa shape index (κ2) is 7.52. The molecule has 0 aromatic heterocycles. The lowest BCUT2D eigenvalue weighted by Crippen LogP contribution is -1.91. The van der Waals surface area contributed by atoms with Crippen LogP contribution in [0.2, 0.25) is 0 Å². The summed E-state index contributed by atoms with van der Waals surface area (Å²) in [6.07, 6.45) is 5.38. The topological polar surface area (TPSA) is 17.1 Å². The molecule has 0 heterocycles. The number of benzene rings is 1. The van der Waals surface area contributed by atoms with E-state index < -0.39 is 0 Å². The highest BCUT2D eigenvalue weighted by Gasteiger charge is 2.03. The lowest BCUT2D eigenvalue weighted by Gasteiger charge is -2.00. The normalized spacial score (nSPS) is 10.2. The van der Waals surface area contributed by atoms with E-state index in [1.807, 2.05) is 30.3 Å². The lowest BCUT2D eigenvalue weighted by molar-refractivity contribution is -0.111. The Morgan fingerprint density at radius 2 is 1.87 bits per heavy atom. The molecule has 0 radical (unpaired) electrons. The third-order valence-electron chi connectivity index (χ3n) is 2.21. The number of rotatable bonds is 6. The molecule has 0 spiro atoms. The van der Waals surface area contributed by atoms with Crippen LogP contribution in [0.1, 0.15) is 39.0 Å². The van der Waals surface area contributed by atoms with Crippen molar-refractivity contribution in [1.29, 1.82) is 0 Å². The van der Waals surface area contributed by atoms with E-state index in [0.717, 1.165) is 11.3 Å². The lowest BCUT2D eigenvalue weighted by atomic mass is 10.2. The first-order valence-corrected chi connectivity index (χ1v) is 6.40. The first-order valence-electron chi connectivity index (χ1n) is 5.58. The van der Waals surface area contributed by atoms with Gasteiger partial charge in [-0.15, -0.1) is 0 Å². The maximum atomic E-state index is 11.5. The van der Waals surface area contributed by atoms with Crippen LogP contribution in [0.15, 0.2) is 35.2 Å². The number of thioether (sulfide) groups is 1. The Kier molecular flexibility index (Phi) is 6.17. The van der Waals surface area contributed by atoms with Crippen LogP contribution >= 0.6 is 11.8 Å². The van der Waals surface area contributed by atoms with Gasteiger partial charge in [0.25, 0.3) is 0 Å². The Morgan fingerprint density at radius 1 is 1.13 bits per heavy atom. The fourth-order valence-electron chi connectivity index (χ4n) is 1.37. The molecule has 0 bridgehead atoms. The quantitative estimate of drug-likeness (QED) is 0.528. The average Bonchev–Trinajstić information content (AvgIpc) is 2.26. The number of hydrogen-bond donors (Lipinski definition) is 0. The zero-order valence-electron chi connectivity index (χ0n) is 9.24.